The monoisotopic (exact) mass is 852 g/mol. The fraction of sp³-hybridized carbons (Fsp3) is 0.389. The smallest absolute Gasteiger partial charge is 0.490 e. The molecule has 304 valence electrons. The van der Waals surface area contributed by atoms with Gasteiger partial charge in [0.15, 0.2) is 0 Å². The van der Waals surface area contributed by atoms with E-state index >= 15 is 8.78 Å². The Labute approximate surface area is 327 Å². The summed E-state index contributed by atoms with van der Waals surface area (Å²) >= 11 is 12.3. The van der Waals surface area contributed by atoms with E-state index in [1.165, 1.54) is 55.6 Å². The number of rotatable bonds is 11. The first kappa shape index (κ1) is 46.1. The molecular weight excluding hydrogens is 817 g/mol. The van der Waals surface area contributed by atoms with Crippen LogP contribution in [-0.2, 0) is 28.8 Å². The number of phosphoric acid groups is 1. The van der Waals surface area contributed by atoms with E-state index in [9.17, 15) is 32.6 Å². The van der Waals surface area contributed by atoms with Crippen LogP contribution in [0.15, 0.2) is 54.6 Å². The third kappa shape index (κ3) is 11.4. The van der Waals surface area contributed by atoms with Crippen molar-refractivity contribution in [3.05, 3.63) is 93.0 Å². The lowest BCUT2D eigenvalue weighted by Crippen LogP contribution is -2.39. The number of carbonyl (C=O) groups excluding carboxylic acids is 2. The molecule has 0 aliphatic heterocycles. The minimum Gasteiger partial charge on any atom is -0.495 e. The van der Waals surface area contributed by atoms with Gasteiger partial charge in [-0.3, -0.25) is 9.32 Å². The van der Waals surface area contributed by atoms with E-state index in [2.05, 4.69) is 15.9 Å². The van der Waals surface area contributed by atoms with Gasteiger partial charge in [-0.1, -0.05) is 62.2 Å². The maximum Gasteiger partial charge on any atom is 0.490 e. The average molecular weight is 854 g/mol. The summed E-state index contributed by atoms with van der Waals surface area (Å²) in [4.78, 5) is 53.3. The highest BCUT2D eigenvalue weighted by Crippen LogP contribution is 2.61. The van der Waals surface area contributed by atoms with Gasteiger partial charge in [-0.2, -0.15) is 18.4 Å². The number of carbonyl (C=O) groups is 3. The molecule has 0 aromatic heterocycles. The summed E-state index contributed by atoms with van der Waals surface area (Å²) in [6, 6.07) is 14.6. The topological polar surface area (TPSA) is 192 Å². The van der Waals surface area contributed by atoms with Crippen LogP contribution in [0.3, 0.4) is 0 Å². The van der Waals surface area contributed by atoms with E-state index in [1.807, 2.05) is 20.8 Å². The fourth-order valence-electron chi connectivity index (χ4n) is 6.62. The molecule has 4 atom stereocenters. The molecule has 0 spiro atoms. The number of ether oxygens (including phenoxy) is 2. The number of carboxylic acid groups (broad SMARTS) is 1. The molecule has 1 saturated carbocycles. The molecule has 4 rings (SSSR count). The Hall–Kier alpha value is -4.30. The molecule has 20 heteroatoms. The van der Waals surface area contributed by atoms with Gasteiger partial charge in [0.1, 0.15) is 24.0 Å². The second-order valence-corrected chi connectivity index (χ2v) is 15.8. The largest absolute Gasteiger partial charge is 0.495 e. The van der Waals surface area contributed by atoms with Crippen molar-refractivity contribution >= 4 is 54.6 Å². The van der Waals surface area contributed by atoms with Crippen molar-refractivity contribution in [2.24, 2.45) is 17.3 Å². The van der Waals surface area contributed by atoms with Crippen LogP contribution in [0.5, 0.6) is 5.75 Å². The number of aliphatic carboxylic acids is 1. The maximum atomic E-state index is 16.0. The Bertz CT molecular complexity index is 2040. The predicted octanol–water partition coefficient (Wildman–Crippen LogP) is 8.44. The average Bonchev–Trinajstić information content (AvgIpc) is 3.40. The maximum absolute atomic E-state index is 16.0. The Balaban J connectivity index is 0.00000109. The molecule has 56 heavy (non-hydrogen) atoms. The van der Waals surface area contributed by atoms with Gasteiger partial charge in [-0.15, -0.1) is 0 Å². The van der Waals surface area contributed by atoms with Gasteiger partial charge in [0.2, 0.25) is 5.91 Å². The number of carboxylic acids is 1. The molecule has 12 nitrogen and oxygen atoms in total. The Kier molecular flexibility index (Phi) is 15.1. The molecule has 3 aromatic carbocycles. The zero-order chi connectivity index (χ0) is 42.4. The van der Waals surface area contributed by atoms with Crippen molar-refractivity contribution in [1.82, 2.24) is 0 Å². The fourth-order valence-corrected chi connectivity index (χ4v) is 7.27. The molecule has 0 radical (unpaired) electrons. The molecule has 0 unspecified atom stereocenters. The highest BCUT2D eigenvalue weighted by Gasteiger charge is 2.61. The number of benzene rings is 3. The number of nitrogens with zero attached hydrogens (tertiary/aromatic N) is 1. The molecule has 1 amide bonds. The first-order valence-corrected chi connectivity index (χ1v) is 18.6. The number of hydrogen-bond donors (Lipinski definition) is 4. The van der Waals surface area contributed by atoms with Crippen LogP contribution in [0.2, 0.25) is 10.0 Å². The number of alkyl halides is 3. The first-order chi connectivity index (χ1) is 25.9. The van der Waals surface area contributed by atoms with Crippen LogP contribution in [0, 0.1) is 40.2 Å². The van der Waals surface area contributed by atoms with Crippen molar-refractivity contribution < 1.29 is 69.8 Å². The molecule has 0 bridgehead atoms. The Morgan fingerprint density at radius 2 is 1.68 bits per heavy atom. The molecule has 4 N–H and O–H groups in total. The van der Waals surface area contributed by atoms with Crippen molar-refractivity contribution in [2.45, 2.75) is 51.1 Å². The van der Waals surface area contributed by atoms with Crippen molar-refractivity contribution in [1.29, 1.82) is 5.26 Å². The standard InChI is InChI=1S/C34H35Cl2F2N2O8P.C2HF3O2/c1-33(2,3)17-20-15-23(31(41)40-27-11-8-19(14-28(27)46-4)32(42)47-12-13-48-49(43,44)45)29(22-6-5-7-25(36)30(22)38)34(20,18-39)24-10-9-21(35)16-26(24)37;3-2(4,5)1(6)7/h5-11,14,16,20,23,29H,12-13,15,17H2,1-4H3,(H,40,41)(H2,43,44,45);(H,6,7)/t20-,23+,29-,34+;/m0./s1. The number of anilines is 1. The minimum atomic E-state index is -5.08. The number of hydrogen-bond acceptors (Lipinski definition) is 8. The van der Waals surface area contributed by atoms with Gasteiger partial charge in [0.25, 0.3) is 0 Å². The number of nitrogens with one attached hydrogen (secondary N) is 1. The van der Waals surface area contributed by atoms with Gasteiger partial charge in [-0.05, 0) is 66.1 Å². The zero-order valence-electron chi connectivity index (χ0n) is 30.0. The molecule has 0 saturated heterocycles. The van der Waals surface area contributed by atoms with Gasteiger partial charge in [0, 0.05) is 22.4 Å². The number of methoxy groups -OCH3 is 1. The number of nitriles is 1. The number of halogens is 7. The van der Waals surface area contributed by atoms with Crippen molar-refractivity contribution in [3.8, 4) is 11.8 Å². The van der Waals surface area contributed by atoms with Crippen molar-refractivity contribution in [3.63, 3.8) is 0 Å². The van der Waals surface area contributed by atoms with Crippen LogP contribution in [0.4, 0.5) is 27.6 Å². The summed E-state index contributed by atoms with van der Waals surface area (Å²) in [5, 5.41) is 20.8. The third-order valence-electron chi connectivity index (χ3n) is 8.66. The molecule has 3 aromatic rings. The highest BCUT2D eigenvalue weighted by atomic mass is 35.5. The lowest BCUT2D eigenvalue weighted by atomic mass is 9.62. The van der Waals surface area contributed by atoms with Gasteiger partial charge in [-0.25, -0.2) is 22.9 Å². The van der Waals surface area contributed by atoms with Gasteiger partial charge >= 0.3 is 25.9 Å². The van der Waals surface area contributed by atoms with E-state index in [0.717, 1.165) is 6.07 Å². The van der Waals surface area contributed by atoms with Crippen LogP contribution in [0.1, 0.15) is 61.0 Å². The highest BCUT2D eigenvalue weighted by molar-refractivity contribution is 7.46. The summed E-state index contributed by atoms with van der Waals surface area (Å²) in [7, 11) is -3.43. The number of esters is 1. The Morgan fingerprint density at radius 3 is 2.21 bits per heavy atom. The molecular formula is C36H36Cl2F5N2O10P. The van der Waals surface area contributed by atoms with E-state index in [0.29, 0.717) is 6.42 Å². The van der Waals surface area contributed by atoms with Crippen LogP contribution in [0.25, 0.3) is 0 Å². The summed E-state index contributed by atoms with van der Waals surface area (Å²) < 4.78 is 89.1. The van der Waals surface area contributed by atoms with Crippen LogP contribution >= 0.6 is 31.0 Å². The second kappa shape index (κ2) is 18.3. The normalized spacial score (nSPS) is 19.6. The summed E-state index contributed by atoms with van der Waals surface area (Å²) in [6.07, 6.45) is -4.62. The number of amides is 1. The van der Waals surface area contributed by atoms with E-state index in [4.69, 9.17) is 52.4 Å². The first-order valence-electron chi connectivity index (χ1n) is 16.3. The van der Waals surface area contributed by atoms with Crippen LogP contribution < -0.4 is 10.1 Å². The molecule has 1 fully saturated rings. The molecule has 1 aliphatic carbocycles. The SMILES string of the molecule is COc1cc(C(=O)OCCOP(=O)(O)O)ccc1NC(=O)[C@@H]1C[C@@H](CC(C)(C)C)[C@](C#N)(c2ccc(Cl)cc2F)[C@H]1c1cccc(Cl)c1F.O=C(O)C(F)(F)F. The lowest BCUT2D eigenvalue weighted by molar-refractivity contribution is -0.192. The van der Waals surface area contributed by atoms with Crippen molar-refractivity contribution in [2.75, 3.05) is 25.6 Å². The summed E-state index contributed by atoms with van der Waals surface area (Å²) in [5.74, 6) is -8.66. The van der Waals surface area contributed by atoms with E-state index in [1.54, 1.807) is 0 Å². The predicted molar refractivity (Wildman–Crippen MR) is 192 cm³/mol. The van der Waals surface area contributed by atoms with E-state index < -0.39 is 79.9 Å². The lowest BCUT2D eigenvalue weighted by Gasteiger charge is -2.38. The minimum absolute atomic E-state index is 0.00211. The van der Waals surface area contributed by atoms with Gasteiger partial charge < -0.3 is 29.7 Å². The summed E-state index contributed by atoms with van der Waals surface area (Å²) in [6.45, 7) is 4.88. The van der Waals surface area contributed by atoms with E-state index in [-0.39, 0.29) is 50.0 Å². The van der Waals surface area contributed by atoms with Gasteiger partial charge in [0.05, 0.1) is 41.5 Å². The molecule has 0 heterocycles. The third-order valence-corrected chi connectivity index (χ3v) is 9.71. The zero-order valence-corrected chi connectivity index (χ0v) is 32.4. The quantitative estimate of drug-likeness (QED) is 0.0626. The second-order valence-electron chi connectivity index (χ2n) is 13.7. The Morgan fingerprint density at radius 1 is 1.04 bits per heavy atom. The number of phosphoric ester groups is 1. The summed E-state index contributed by atoms with van der Waals surface area (Å²) in [5.41, 5.74) is -2.01. The molecule has 1 aliphatic rings. The van der Waals surface area contributed by atoms with Crippen LogP contribution in [-0.4, -0.2) is 59.2 Å².